The number of ketones is 1. The fraction of sp³-hybridized carbons (Fsp3) is 0.300. The molecule has 1 aliphatic carbocycles. The smallest absolute Gasteiger partial charge is 0.266 e. The van der Waals surface area contributed by atoms with Crippen molar-refractivity contribution in [2.24, 2.45) is 0 Å². The van der Waals surface area contributed by atoms with Crippen molar-refractivity contribution in [3.8, 4) is 0 Å². The Morgan fingerprint density at radius 3 is 2.62 bits per heavy atom. The first-order valence-corrected chi connectivity index (χ1v) is 8.08. The Bertz CT molecular complexity index is 801. The maximum atomic E-state index is 15.2. The molecule has 3 rings (SSSR count). The molecule has 1 atom stereocenters. The van der Waals surface area contributed by atoms with Gasteiger partial charge < -0.3 is 5.32 Å². The largest absolute Gasteiger partial charge is 0.349 e. The Morgan fingerprint density at radius 2 is 1.92 bits per heavy atom. The van der Waals surface area contributed by atoms with Crippen molar-refractivity contribution in [1.29, 1.82) is 0 Å². The second-order valence-corrected chi connectivity index (χ2v) is 6.41. The number of benzene rings is 2. The number of nitrogens with one attached hydrogen (secondary N) is 1. The molecule has 124 valence electrons. The van der Waals surface area contributed by atoms with E-state index in [1.165, 1.54) is 0 Å². The molecule has 0 heterocycles. The number of aryl methyl sites for hydroxylation is 2. The van der Waals surface area contributed by atoms with Crippen LogP contribution in [0.15, 0.2) is 42.5 Å². The van der Waals surface area contributed by atoms with Crippen molar-refractivity contribution in [3.05, 3.63) is 70.3 Å². The Balaban J connectivity index is 1.82. The van der Waals surface area contributed by atoms with Crippen molar-refractivity contribution in [2.75, 3.05) is 0 Å². The summed E-state index contributed by atoms with van der Waals surface area (Å²) in [6, 6.07) is 12.9. The van der Waals surface area contributed by atoms with Gasteiger partial charge in [0.25, 0.3) is 11.6 Å². The third-order valence-electron chi connectivity index (χ3n) is 4.60. The van der Waals surface area contributed by atoms with Crippen LogP contribution < -0.4 is 5.32 Å². The molecule has 0 saturated heterocycles. The van der Waals surface area contributed by atoms with Crippen LogP contribution >= 0.6 is 0 Å². The van der Waals surface area contributed by atoms with Crippen molar-refractivity contribution in [1.82, 2.24) is 5.32 Å². The summed E-state index contributed by atoms with van der Waals surface area (Å²) in [4.78, 5) is 25.0. The maximum Gasteiger partial charge on any atom is 0.266 e. The molecule has 2 aromatic carbocycles. The lowest BCUT2D eigenvalue weighted by Crippen LogP contribution is -2.51. The average molecular weight is 325 g/mol. The van der Waals surface area contributed by atoms with Gasteiger partial charge in [-0.3, -0.25) is 9.59 Å². The molecular weight excluding hydrogens is 305 g/mol. The van der Waals surface area contributed by atoms with Gasteiger partial charge in [0.05, 0.1) is 0 Å². The first-order chi connectivity index (χ1) is 11.4. The molecule has 0 radical (unpaired) electrons. The molecule has 4 heteroatoms. The van der Waals surface area contributed by atoms with Gasteiger partial charge in [-0.05, 0) is 43.0 Å². The lowest BCUT2D eigenvalue weighted by Gasteiger charge is -2.29. The van der Waals surface area contributed by atoms with Gasteiger partial charge in [-0.25, -0.2) is 4.39 Å². The number of hydrogen-bond donors (Lipinski definition) is 1. The van der Waals surface area contributed by atoms with Crippen LogP contribution in [0.5, 0.6) is 0 Å². The standard InChI is InChI=1S/C20H20FNO2/c1-13-10-14(2)16-8-9-20(21,18(23)17(16)11-13)19(24)22-12-15-6-4-3-5-7-15/h3-7,10-11H,8-9,12H2,1-2H3,(H,22,24)/t20-/m0/s1. The normalized spacial score (nSPS) is 19.7. The van der Waals surface area contributed by atoms with Crippen LogP contribution in [0.1, 0.15) is 39.0 Å². The summed E-state index contributed by atoms with van der Waals surface area (Å²) in [6.07, 6.45) is 0.284. The van der Waals surface area contributed by atoms with E-state index >= 15 is 4.39 Å². The Hall–Kier alpha value is -2.49. The van der Waals surface area contributed by atoms with Gasteiger partial charge >= 0.3 is 0 Å². The number of rotatable bonds is 3. The van der Waals surface area contributed by atoms with Gasteiger partial charge in [0, 0.05) is 18.5 Å². The van der Waals surface area contributed by atoms with E-state index in [1.54, 1.807) is 6.07 Å². The van der Waals surface area contributed by atoms with Crippen molar-refractivity contribution in [2.45, 2.75) is 38.9 Å². The number of halogens is 1. The zero-order valence-corrected chi connectivity index (χ0v) is 13.9. The van der Waals surface area contributed by atoms with Crippen molar-refractivity contribution < 1.29 is 14.0 Å². The predicted octanol–water partition coefficient (Wildman–Crippen LogP) is 3.46. The molecule has 24 heavy (non-hydrogen) atoms. The lowest BCUT2D eigenvalue weighted by atomic mass is 9.78. The molecule has 0 spiro atoms. The highest BCUT2D eigenvalue weighted by Crippen LogP contribution is 2.34. The third-order valence-corrected chi connectivity index (χ3v) is 4.60. The first-order valence-electron chi connectivity index (χ1n) is 8.08. The molecule has 1 aliphatic rings. The Kier molecular flexibility index (Phi) is 4.22. The van der Waals surface area contributed by atoms with Crippen LogP contribution in [0.4, 0.5) is 4.39 Å². The number of carbonyl (C=O) groups is 2. The van der Waals surface area contributed by atoms with Crippen LogP contribution in [0, 0.1) is 13.8 Å². The van der Waals surface area contributed by atoms with E-state index in [0.29, 0.717) is 12.0 Å². The second kappa shape index (κ2) is 6.19. The lowest BCUT2D eigenvalue weighted by molar-refractivity contribution is -0.130. The zero-order chi connectivity index (χ0) is 17.3. The number of carbonyl (C=O) groups excluding carboxylic acids is 2. The van der Waals surface area contributed by atoms with E-state index in [1.807, 2.05) is 50.2 Å². The Labute approximate surface area is 140 Å². The molecule has 1 N–H and O–H groups in total. The van der Waals surface area contributed by atoms with Gasteiger partial charge in [-0.2, -0.15) is 0 Å². The summed E-state index contributed by atoms with van der Waals surface area (Å²) in [5.41, 5.74) is 1.46. The molecule has 0 saturated carbocycles. The monoisotopic (exact) mass is 325 g/mol. The fourth-order valence-electron chi connectivity index (χ4n) is 3.29. The summed E-state index contributed by atoms with van der Waals surface area (Å²) in [6.45, 7) is 3.99. The molecule has 2 aromatic rings. The topological polar surface area (TPSA) is 46.2 Å². The minimum Gasteiger partial charge on any atom is -0.349 e. The second-order valence-electron chi connectivity index (χ2n) is 6.41. The van der Waals surface area contributed by atoms with Gasteiger partial charge in [-0.15, -0.1) is 0 Å². The molecular formula is C20H20FNO2. The van der Waals surface area contributed by atoms with Gasteiger partial charge in [0.1, 0.15) is 0 Å². The molecule has 0 bridgehead atoms. The summed E-state index contributed by atoms with van der Waals surface area (Å²) in [5.74, 6) is -1.57. The fourth-order valence-corrected chi connectivity index (χ4v) is 3.29. The zero-order valence-electron chi connectivity index (χ0n) is 13.9. The molecule has 0 unspecified atom stereocenters. The number of amides is 1. The molecule has 0 fully saturated rings. The highest BCUT2D eigenvalue weighted by atomic mass is 19.1. The maximum absolute atomic E-state index is 15.2. The molecule has 0 aromatic heterocycles. The van der Waals surface area contributed by atoms with Crippen LogP contribution in [-0.2, 0) is 17.8 Å². The summed E-state index contributed by atoms with van der Waals surface area (Å²) in [7, 11) is 0. The third kappa shape index (κ3) is 2.84. The summed E-state index contributed by atoms with van der Waals surface area (Å²) in [5, 5.41) is 2.56. The first kappa shape index (κ1) is 16.4. The van der Waals surface area contributed by atoms with Crippen LogP contribution in [0.2, 0.25) is 0 Å². The predicted molar refractivity (Wildman–Crippen MR) is 90.7 cm³/mol. The average Bonchev–Trinajstić information content (AvgIpc) is 2.57. The van der Waals surface area contributed by atoms with E-state index < -0.39 is 17.4 Å². The summed E-state index contributed by atoms with van der Waals surface area (Å²) >= 11 is 0. The van der Waals surface area contributed by atoms with E-state index in [9.17, 15) is 9.59 Å². The van der Waals surface area contributed by atoms with Crippen LogP contribution in [-0.4, -0.2) is 17.4 Å². The minimum atomic E-state index is -2.48. The van der Waals surface area contributed by atoms with E-state index in [-0.39, 0.29) is 13.0 Å². The Morgan fingerprint density at radius 1 is 1.21 bits per heavy atom. The van der Waals surface area contributed by atoms with Crippen molar-refractivity contribution >= 4 is 11.7 Å². The van der Waals surface area contributed by atoms with Crippen LogP contribution in [0.3, 0.4) is 0 Å². The minimum absolute atomic E-state index is 0.108. The highest BCUT2D eigenvalue weighted by molar-refractivity contribution is 6.18. The van der Waals surface area contributed by atoms with E-state index in [4.69, 9.17) is 0 Å². The van der Waals surface area contributed by atoms with E-state index in [0.717, 1.165) is 22.3 Å². The van der Waals surface area contributed by atoms with Gasteiger partial charge in [0.15, 0.2) is 0 Å². The van der Waals surface area contributed by atoms with Crippen molar-refractivity contribution in [3.63, 3.8) is 0 Å². The SMILES string of the molecule is Cc1cc(C)c2c(c1)C(=O)[C@](F)(C(=O)NCc1ccccc1)CC2. The number of Topliss-reactive ketones (excluding diaryl/α,β-unsaturated/α-hetero) is 1. The van der Waals surface area contributed by atoms with E-state index in [2.05, 4.69) is 5.32 Å². The number of hydrogen-bond acceptors (Lipinski definition) is 2. The van der Waals surface area contributed by atoms with Gasteiger partial charge in [-0.1, -0.05) is 42.0 Å². The molecule has 0 aliphatic heterocycles. The highest BCUT2D eigenvalue weighted by Gasteiger charge is 2.49. The van der Waals surface area contributed by atoms with Gasteiger partial charge in [0.2, 0.25) is 5.78 Å². The molecule has 3 nitrogen and oxygen atoms in total. The quantitative estimate of drug-likeness (QED) is 0.879. The van der Waals surface area contributed by atoms with Crippen LogP contribution in [0.25, 0.3) is 0 Å². The summed E-state index contributed by atoms with van der Waals surface area (Å²) < 4.78 is 15.2. The number of alkyl halides is 1. The molecule has 1 amide bonds. The number of fused-ring (bicyclic) bond motifs is 1.